The van der Waals surface area contributed by atoms with Gasteiger partial charge in [-0.05, 0) is 18.2 Å². The van der Waals surface area contributed by atoms with Crippen LogP contribution in [0.15, 0.2) is 54.7 Å². The molecule has 7 heteroatoms. The highest BCUT2D eigenvalue weighted by atomic mass is 35.5. The molecule has 0 fully saturated rings. The van der Waals surface area contributed by atoms with E-state index in [1.807, 2.05) is 18.2 Å². The third-order valence-corrected chi connectivity index (χ3v) is 3.43. The van der Waals surface area contributed by atoms with Crippen molar-refractivity contribution in [3.05, 3.63) is 71.1 Å². The van der Waals surface area contributed by atoms with Gasteiger partial charge in [-0.25, -0.2) is 4.39 Å². The Labute approximate surface area is 137 Å². The van der Waals surface area contributed by atoms with Crippen molar-refractivity contribution in [3.8, 4) is 0 Å². The molecule has 1 heterocycles. The normalized spacial score (nSPS) is 10.3. The first kappa shape index (κ1) is 15.2. The van der Waals surface area contributed by atoms with E-state index in [1.165, 1.54) is 12.3 Å². The molecule has 0 saturated heterocycles. The maximum absolute atomic E-state index is 13.6. The lowest BCUT2D eigenvalue weighted by Gasteiger charge is -2.09. The molecule has 1 aromatic heterocycles. The second-order valence-corrected chi connectivity index (χ2v) is 5.12. The Kier molecular flexibility index (Phi) is 4.63. The van der Waals surface area contributed by atoms with Gasteiger partial charge in [0.25, 0.3) is 0 Å². The van der Waals surface area contributed by atoms with Crippen LogP contribution in [0.4, 0.5) is 21.8 Å². The van der Waals surface area contributed by atoms with Crippen LogP contribution < -0.4 is 10.6 Å². The van der Waals surface area contributed by atoms with E-state index in [9.17, 15) is 4.39 Å². The summed E-state index contributed by atoms with van der Waals surface area (Å²) >= 11 is 6.08. The largest absolute Gasteiger partial charge is 0.364 e. The number of aromatic nitrogens is 3. The quantitative estimate of drug-likeness (QED) is 0.740. The van der Waals surface area contributed by atoms with E-state index in [2.05, 4.69) is 25.8 Å². The molecule has 5 nitrogen and oxygen atoms in total. The third kappa shape index (κ3) is 3.92. The monoisotopic (exact) mass is 329 g/mol. The molecule has 0 amide bonds. The minimum Gasteiger partial charge on any atom is -0.364 e. The summed E-state index contributed by atoms with van der Waals surface area (Å²) in [6.45, 7) is 0.302. The highest BCUT2D eigenvalue weighted by Crippen LogP contribution is 2.23. The molecule has 3 aromatic rings. The van der Waals surface area contributed by atoms with E-state index in [0.717, 1.165) is 0 Å². The van der Waals surface area contributed by atoms with Crippen molar-refractivity contribution < 1.29 is 4.39 Å². The van der Waals surface area contributed by atoms with Gasteiger partial charge in [-0.15, -0.1) is 5.10 Å². The lowest BCUT2D eigenvalue weighted by atomic mass is 10.2. The van der Waals surface area contributed by atoms with Gasteiger partial charge in [-0.1, -0.05) is 41.9 Å². The number of benzene rings is 2. The topological polar surface area (TPSA) is 62.7 Å². The molecular weight excluding hydrogens is 317 g/mol. The van der Waals surface area contributed by atoms with E-state index in [0.29, 0.717) is 34.6 Å². The molecule has 0 aliphatic rings. The maximum Gasteiger partial charge on any atom is 0.249 e. The number of halogens is 2. The third-order valence-electron chi connectivity index (χ3n) is 3.10. The van der Waals surface area contributed by atoms with E-state index in [4.69, 9.17) is 11.6 Å². The molecule has 2 aromatic carbocycles. The first-order valence-corrected chi connectivity index (χ1v) is 7.29. The van der Waals surface area contributed by atoms with Crippen molar-refractivity contribution >= 4 is 29.1 Å². The number of anilines is 3. The molecule has 2 N–H and O–H groups in total. The van der Waals surface area contributed by atoms with E-state index in [-0.39, 0.29) is 5.82 Å². The van der Waals surface area contributed by atoms with E-state index in [1.54, 1.807) is 24.3 Å². The van der Waals surface area contributed by atoms with Crippen molar-refractivity contribution in [2.45, 2.75) is 6.54 Å². The van der Waals surface area contributed by atoms with Crippen molar-refractivity contribution in [2.24, 2.45) is 0 Å². The standard InChI is InChI=1S/C16H13ClFN5/c17-12-6-2-4-8-14(12)21-16-22-15(10-20-23-16)19-9-11-5-1-3-7-13(11)18/h1-8,10H,9H2,(H2,19,21,22,23). The summed E-state index contributed by atoms with van der Waals surface area (Å²) in [6, 6.07) is 13.8. The van der Waals surface area contributed by atoms with Gasteiger partial charge in [-0.3, -0.25) is 0 Å². The maximum atomic E-state index is 13.6. The molecule has 0 atom stereocenters. The molecule has 0 radical (unpaired) electrons. The SMILES string of the molecule is Fc1ccccc1CNc1cnnc(Nc2ccccc2Cl)n1. The number of para-hydroxylation sites is 1. The van der Waals surface area contributed by atoms with Crippen LogP contribution in [0.25, 0.3) is 0 Å². The molecule has 0 unspecified atom stereocenters. The number of hydrogen-bond acceptors (Lipinski definition) is 5. The summed E-state index contributed by atoms with van der Waals surface area (Å²) in [5, 5.41) is 14.3. The lowest BCUT2D eigenvalue weighted by Crippen LogP contribution is -2.06. The molecule has 0 saturated carbocycles. The predicted octanol–water partition coefficient (Wildman–Crippen LogP) is 4.02. The molecule has 0 spiro atoms. The van der Waals surface area contributed by atoms with E-state index >= 15 is 0 Å². The minimum atomic E-state index is -0.267. The summed E-state index contributed by atoms with van der Waals surface area (Å²) in [5.74, 6) is 0.519. The lowest BCUT2D eigenvalue weighted by molar-refractivity contribution is 0.613. The van der Waals surface area contributed by atoms with Crippen molar-refractivity contribution in [2.75, 3.05) is 10.6 Å². The van der Waals surface area contributed by atoms with Gasteiger partial charge in [0.05, 0.1) is 16.9 Å². The zero-order valence-corrected chi connectivity index (χ0v) is 12.8. The minimum absolute atomic E-state index is 0.267. The molecular formula is C16H13ClFN5. The van der Waals surface area contributed by atoms with E-state index < -0.39 is 0 Å². The molecule has 3 rings (SSSR count). The fourth-order valence-corrected chi connectivity index (χ4v) is 2.14. The smallest absolute Gasteiger partial charge is 0.249 e. The van der Waals surface area contributed by atoms with Crippen molar-refractivity contribution in [3.63, 3.8) is 0 Å². The zero-order valence-electron chi connectivity index (χ0n) is 12.0. The second-order valence-electron chi connectivity index (χ2n) is 4.72. The van der Waals surface area contributed by atoms with Gasteiger partial charge < -0.3 is 10.6 Å². The molecule has 23 heavy (non-hydrogen) atoms. The number of hydrogen-bond donors (Lipinski definition) is 2. The summed E-state index contributed by atoms with van der Waals surface area (Å²) < 4.78 is 13.6. The summed E-state index contributed by atoms with van der Waals surface area (Å²) in [7, 11) is 0. The average Bonchev–Trinajstić information content (AvgIpc) is 2.57. The van der Waals surface area contributed by atoms with Crippen LogP contribution >= 0.6 is 11.6 Å². The van der Waals surface area contributed by atoms with Crippen LogP contribution in [0.3, 0.4) is 0 Å². The van der Waals surface area contributed by atoms with Gasteiger partial charge in [0.15, 0.2) is 5.82 Å². The Morgan fingerprint density at radius 2 is 1.83 bits per heavy atom. The Morgan fingerprint density at radius 1 is 1.04 bits per heavy atom. The number of nitrogens with one attached hydrogen (secondary N) is 2. The van der Waals surface area contributed by atoms with Gasteiger partial charge in [0.1, 0.15) is 5.82 Å². The summed E-state index contributed by atoms with van der Waals surface area (Å²) in [4.78, 5) is 4.28. The molecule has 0 aliphatic carbocycles. The van der Waals surface area contributed by atoms with Crippen LogP contribution in [-0.4, -0.2) is 15.2 Å². The molecule has 0 aliphatic heterocycles. The predicted molar refractivity (Wildman–Crippen MR) is 88.3 cm³/mol. The number of nitrogens with zero attached hydrogens (tertiary/aromatic N) is 3. The Bertz CT molecular complexity index is 812. The number of rotatable bonds is 5. The van der Waals surface area contributed by atoms with Crippen LogP contribution in [-0.2, 0) is 6.54 Å². The Morgan fingerprint density at radius 3 is 2.65 bits per heavy atom. The summed E-state index contributed by atoms with van der Waals surface area (Å²) in [6.07, 6.45) is 1.47. The Hall–Kier alpha value is -2.73. The Balaban J connectivity index is 1.70. The van der Waals surface area contributed by atoms with Gasteiger partial charge in [-0.2, -0.15) is 10.1 Å². The first-order chi connectivity index (χ1) is 11.2. The van der Waals surface area contributed by atoms with Gasteiger partial charge >= 0.3 is 0 Å². The fraction of sp³-hybridized carbons (Fsp3) is 0.0625. The van der Waals surface area contributed by atoms with Crippen LogP contribution in [0.5, 0.6) is 0 Å². The van der Waals surface area contributed by atoms with Crippen LogP contribution in [0.1, 0.15) is 5.56 Å². The highest BCUT2D eigenvalue weighted by molar-refractivity contribution is 6.33. The van der Waals surface area contributed by atoms with Crippen LogP contribution in [0.2, 0.25) is 5.02 Å². The highest BCUT2D eigenvalue weighted by Gasteiger charge is 2.05. The van der Waals surface area contributed by atoms with Gasteiger partial charge in [0, 0.05) is 12.1 Å². The average molecular weight is 330 g/mol. The van der Waals surface area contributed by atoms with Gasteiger partial charge in [0.2, 0.25) is 5.95 Å². The first-order valence-electron chi connectivity index (χ1n) is 6.91. The van der Waals surface area contributed by atoms with Crippen molar-refractivity contribution in [1.29, 1.82) is 0 Å². The fourth-order valence-electron chi connectivity index (χ4n) is 1.95. The zero-order chi connectivity index (χ0) is 16.1. The molecule has 0 bridgehead atoms. The second kappa shape index (κ2) is 7.02. The van der Waals surface area contributed by atoms with Crippen molar-refractivity contribution in [1.82, 2.24) is 15.2 Å². The molecule has 116 valence electrons. The van der Waals surface area contributed by atoms with Crippen LogP contribution in [0, 0.1) is 5.82 Å². The summed E-state index contributed by atoms with van der Waals surface area (Å²) in [5.41, 5.74) is 1.23.